The zero-order valence-corrected chi connectivity index (χ0v) is 26.4. The van der Waals surface area contributed by atoms with Gasteiger partial charge in [-0.1, -0.05) is 124 Å². The van der Waals surface area contributed by atoms with E-state index >= 15 is 0 Å². The van der Waals surface area contributed by atoms with Crippen LogP contribution >= 0.6 is 0 Å². The lowest BCUT2D eigenvalue weighted by atomic mass is 9.86. The van der Waals surface area contributed by atoms with E-state index in [0.717, 1.165) is 77.1 Å². The fourth-order valence-electron chi connectivity index (χ4n) is 7.31. The third kappa shape index (κ3) is 3.85. The largest absolute Gasteiger partial charge is 0.455 e. The number of nitrogens with zero attached hydrogens (tertiary/aromatic N) is 1. The zero-order chi connectivity index (χ0) is 31.2. The van der Waals surface area contributed by atoms with Crippen LogP contribution in [-0.2, 0) is 5.41 Å². The smallest absolute Gasteiger partial charge is 0.159 e. The van der Waals surface area contributed by atoms with Crippen molar-refractivity contribution in [1.82, 2.24) is 0 Å². The number of fused-ring (bicyclic) bond motifs is 10. The summed E-state index contributed by atoms with van der Waals surface area (Å²) in [6, 6.07) is 45.4. The Balaban J connectivity index is 1.41. The summed E-state index contributed by atoms with van der Waals surface area (Å²) in [5.41, 5.74) is 9.06. The summed E-state index contributed by atoms with van der Waals surface area (Å²) in [6.07, 6.45) is 0. The molecule has 0 unspecified atom stereocenters. The van der Waals surface area contributed by atoms with Crippen LogP contribution in [0.25, 0.3) is 65.4 Å². The number of benzene rings is 7. The molecule has 0 fully saturated rings. The van der Waals surface area contributed by atoms with E-state index in [2.05, 4.69) is 160 Å². The molecule has 0 N–H and O–H groups in total. The average Bonchev–Trinajstić information content (AvgIpc) is 3.64. The fraction of sp³-hybridized carbons (Fsp3) is 0.116. The Morgan fingerprint density at radius 3 is 1.93 bits per heavy atom. The first-order valence-electron chi connectivity index (χ1n) is 15.9. The van der Waals surface area contributed by atoms with Crippen molar-refractivity contribution in [1.29, 1.82) is 0 Å². The number of rotatable bonds is 3. The third-order valence-electron chi connectivity index (χ3n) is 9.50. The number of furan rings is 2. The van der Waals surface area contributed by atoms with Crippen LogP contribution in [-0.4, -0.2) is 0 Å². The van der Waals surface area contributed by atoms with Crippen molar-refractivity contribution in [2.24, 2.45) is 0 Å². The van der Waals surface area contributed by atoms with E-state index in [1.54, 1.807) is 0 Å². The average molecular weight is 596 g/mol. The summed E-state index contributed by atoms with van der Waals surface area (Å²) in [6.45, 7) is 8.90. The Morgan fingerprint density at radius 2 is 1.13 bits per heavy atom. The van der Waals surface area contributed by atoms with Crippen LogP contribution in [0.4, 0.5) is 17.1 Å². The maximum Gasteiger partial charge on any atom is 0.159 e. The minimum absolute atomic E-state index is 0.0596. The van der Waals surface area contributed by atoms with Crippen molar-refractivity contribution in [3.05, 3.63) is 139 Å². The first-order chi connectivity index (χ1) is 22.4. The molecule has 2 aromatic heterocycles. The van der Waals surface area contributed by atoms with Gasteiger partial charge >= 0.3 is 0 Å². The number of hydrogen-bond donors (Lipinski definition) is 0. The second-order valence-corrected chi connectivity index (χ2v) is 13.4. The molecule has 0 spiro atoms. The molecule has 0 aliphatic carbocycles. The van der Waals surface area contributed by atoms with Crippen molar-refractivity contribution < 1.29 is 8.83 Å². The minimum Gasteiger partial charge on any atom is -0.455 e. The highest BCUT2D eigenvalue weighted by atomic mass is 16.3. The molecule has 0 saturated carbocycles. The Labute approximate surface area is 267 Å². The van der Waals surface area contributed by atoms with Gasteiger partial charge in [0.05, 0.1) is 11.4 Å². The summed E-state index contributed by atoms with van der Waals surface area (Å²) in [5.74, 6) is 0. The standard InChI is InChI=1S/C43H33NO2/c1-26-13-5-10-21-35(26)44(36-22-12-19-32-31-18-11-20-34(43(2,3)4)41(31)46-42(32)36)37-25-38-39(30-17-9-8-16-29(30)37)33-24-23-27-14-6-7-15-28(27)40(33)45-38/h5-25H,1-4H3. The van der Waals surface area contributed by atoms with E-state index in [4.69, 9.17) is 8.83 Å². The molecule has 9 rings (SSSR count). The summed E-state index contributed by atoms with van der Waals surface area (Å²) in [5, 5.41) is 9.13. The lowest BCUT2D eigenvalue weighted by Gasteiger charge is -2.28. The number of anilines is 3. The van der Waals surface area contributed by atoms with Crippen LogP contribution in [0.15, 0.2) is 136 Å². The first kappa shape index (κ1) is 26.8. The molecule has 0 amide bonds. The Morgan fingerprint density at radius 1 is 0.478 bits per heavy atom. The SMILES string of the molecule is Cc1ccccc1N(c1cc2oc3c4ccccc4ccc3c2c2ccccc12)c1cccc2c1oc1c(C(C)(C)C)cccc12. The Kier molecular flexibility index (Phi) is 5.67. The predicted molar refractivity (Wildman–Crippen MR) is 194 cm³/mol. The van der Waals surface area contributed by atoms with Crippen LogP contribution in [0.2, 0.25) is 0 Å². The van der Waals surface area contributed by atoms with E-state index in [1.165, 1.54) is 16.5 Å². The fourth-order valence-corrected chi connectivity index (χ4v) is 7.31. The second-order valence-electron chi connectivity index (χ2n) is 13.4. The highest BCUT2D eigenvalue weighted by molar-refractivity contribution is 6.26. The molecule has 0 atom stereocenters. The molecular formula is C43H33NO2. The zero-order valence-electron chi connectivity index (χ0n) is 26.4. The van der Waals surface area contributed by atoms with Crippen molar-refractivity contribution in [2.75, 3.05) is 4.90 Å². The van der Waals surface area contributed by atoms with Gasteiger partial charge in [0.25, 0.3) is 0 Å². The van der Waals surface area contributed by atoms with Crippen LogP contribution in [0.3, 0.4) is 0 Å². The topological polar surface area (TPSA) is 29.5 Å². The first-order valence-corrected chi connectivity index (χ1v) is 15.9. The number of para-hydroxylation sites is 3. The summed E-state index contributed by atoms with van der Waals surface area (Å²) in [4.78, 5) is 2.36. The number of aryl methyl sites for hydroxylation is 1. The van der Waals surface area contributed by atoms with Gasteiger partial charge in [-0.2, -0.15) is 0 Å². The van der Waals surface area contributed by atoms with Gasteiger partial charge in [0.1, 0.15) is 16.7 Å². The van der Waals surface area contributed by atoms with Crippen molar-refractivity contribution in [2.45, 2.75) is 33.1 Å². The maximum atomic E-state index is 6.94. The number of hydrogen-bond acceptors (Lipinski definition) is 3. The van der Waals surface area contributed by atoms with Gasteiger partial charge in [-0.25, -0.2) is 0 Å². The summed E-state index contributed by atoms with van der Waals surface area (Å²) >= 11 is 0. The molecule has 0 bridgehead atoms. The summed E-state index contributed by atoms with van der Waals surface area (Å²) in [7, 11) is 0. The maximum absolute atomic E-state index is 6.94. The molecular weight excluding hydrogens is 562 g/mol. The predicted octanol–water partition coefficient (Wildman–Crippen LogP) is 12.9. The van der Waals surface area contributed by atoms with Gasteiger partial charge in [0.2, 0.25) is 0 Å². The van der Waals surface area contributed by atoms with Gasteiger partial charge in [-0.05, 0) is 46.9 Å². The molecule has 7 aromatic carbocycles. The van der Waals surface area contributed by atoms with E-state index < -0.39 is 0 Å². The molecule has 3 nitrogen and oxygen atoms in total. The minimum atomic E-state index is -0.0596. The lowest BCUT2D eigenvalue weighted by Crippen LogP contribution is -2.12. The second kappa shape index (κ2) is 9.73. The highest BCUT2D eigenvalue weighted by Gasteiger charge is 2.26. The van der Waals surface area contributed by atoms with Gasteiger partial charge in [0.15, 0.2) is 5.58 Å². The molecule has 2 heterocycles. The third-order valence-corrected chi connectivity index (χ3v) is 9.50. The van der Waals surface area contributed by atoms with E-state index in [0.29, 0.717) is 0 Å². The summed E-state index contributed by atoms with van der Waals surface area (Å²) < 4.78 is 13.7. The van der Waals surface area contributed by atoms with Crippen molar-refractivity contribution in [3.8, 4) is 0 Å². The molecule has 46 heavy (non-hydrogen) atoms. The van der Waals surface area contributed by atoms with Crippen LogP contribution < -0.4 is 4.90 Å². The monoisotopic (exact) mass is 595 g/mol. The normalized spacial score (nSPS) is 12.3. The molecule has 3 heteroatoms. The van der Waals surface area contributed by atoms with Gasteiger partial charge in [-0.3, -0.25) is 0 Å². The van der Waals surface area contributed by atoms with Crippen LogP contribution in [0.1, 0.15) is 31.9 Å². The van der Waals surface area contributed by atoms with E-state index in [9.17, 15) is 0 Å². The van der Waals surface area contributed by atoms with Gasteiger partial charge in [0, 0.05) is 49.6 Å². The van der Waals surface area contributed by atoms with Crippen molar-refractivity contribution >= 4 is 82.5 Å². The molecule has 0 radical (unpaired) electrons. The Hall–Kier alpha value is -5.54. The van der Waals surface area contributed by atoms with Crippen LogP contribution in [0.5, 0.6) is 0 Å². The quantitative estimate of drug-likeness (QED) is 0.203. The van der Waals surface area contributed by atoms with Gasteiger partial charge in [-0.15, -0.1) is 0 Å². The molecule has 0 saturated heterocycles. The van der Waals surface area contributed by atoms with Crippen LogP contribution in [0, 0.1) is 6.92 Å². The van der Waals surface area contributed by atoms with E-state index in [-0.39, 0.29) is 5.41 Å². The van der Waals surface area contributed by atoms with Crippen molar-refractivity contribution in [3.63, 3.8) is 0 Å². The molecule has 9 aromatic rings. The highest BCUT2D eigenvalue weighted by Crippen LogP contribution is 2.49. The lowest BCUT2D eigenvalue weighted by molar-refractivity contribution is 0.573. The van der Waals surface area contributed by atoms with Gasteiger partial charge < -0.3 is 13.7 Å². The molecule has 0 aliphatic rings. The Bertz CT molecular complexity index is 2650. The molecule has 222 valence electrons. The molecule has 0 aliphatic heterocycles. The van der Waals surface area contributed by atoms with E-state index in [1.807, 2.05) is 0 Å².